The molecule has 7 heteroatoms. The Labute approximate surface area is 76.7 Å². The van der Waals surface area contributed by atoms with Gasteiger partial charge in [-0.1, -0.05) is 11.8 Å². The Morgan fingerprint density at radius 2 is 2.23 bits per heavy atom. The minimum Gasteiger partial charge on any atom is -0.271 e. The minimum absolute atomic E-state index is 0.0580. The van der Waals surface area contributed by atoms with E-state index in [1.54, 1.807) is 0 Å². The van der Waals surface area contributed by atoms with E-state index in [0.717, 1.165) is 0 Å². The zero-order valence-corrected chi connectivity index (χ0v) is 7.15. The van der Waals surface area contributed by atoms with Crippen molar-refractivity contribution in [1.82, 2.24) is 24.7 Å². The molecule has 13 heavy (non-hydrogen) atoms. The van der Waals surface area contributed by atoms with Gasteiger partial charge in [-0.15, -0.1) is 5.10 Å². The summed E-state index contributed by atoms with van der Waals surface area (Å²) in [6.07, 6.45) is 1.38. The molecule has 0 N–H and O–H groups in total. The van der Waals surface area contributed by atoms with Crippen LogP contribution in [0.3, 0.4) is 0 Å². The van der Waals surface area contributed by atoms with Crippen molar-refractivity contribution in [1.29, 1.82) is 0 Å². The van der Waals surface area contributed by atoms with Crippen LogP contribution in [0.4, 0.5) is 0 Å². The van der Waals surface area contributed by atoms with Gasteiger partial charge in [0.25, 0.3) is 5.91 Å². The Hall–Kier alpha value is -1.50. The van der Waals surface area contributed by atoms with E-state index in [1.807, 2.05) is 0 Å². The zero-order valence-electron chi connectivity index (χ0n) is 6.34. The Balaban J connectivity index is 2.35. The maximum absolute atomic E-state index is 11.2. The number of rotatable bonds is 0. The number of carbonyl (C=O) groups excluding carboxylic acids is 1. The number of nitrogens with zero attached hydrogens (tertiary/aromatic N) is 5. The van der Waals surface area contributed by atoms with Gasteiger partial charge in [-0.05, 0) is 0 Å². The maximum atomic E-state index is 11.2. The summed E-state index contributed by atoms with van der Waals surface area (Å²) in [6.45, 7) is 0. The quantitative estimate of drug-likeness (QED) is 0.582. The van der Waals surface area contributed by atoms with Crippen molar-refractivity contribution in [3.63, 3.8) is 0 Å². The molecule has 0 aromatic rings. The van der Waals surface area contributed by atoms with Crippen LogP contribution in [-0.4, -0.2) is 36.4 Å². The molecule has 0 bridgehead atoms. The van der Waals surface area contributed by atoms with Crippen molar-refractivity contribution in [2.45, 2.75) is 5.16 Å². The van der Waals surface area contributed by atoms with E-state index in [4.69, 9.17) is 0 Å². The van der Waals surface area contributed by atoms with Crippen LogP contribution < -0.4 is 0 Å². The van der Waals surface area contributed by atoms with E-state index in [0.29, 0.717) is 22.6 Å². The SMILES string of the molecule is O=C1CSc2nc3ncnc-3nn21. The van der Waals surface area contributed by atoms with Gasteiger partial charge < -0.3 is 0 Å². The lowest BCUT2D eigenvalue weighted by Gasteiger charge is -1.99. The molecule has 3 rings (SSSR count). The van der Waals surface area contributed by atoms with Crippen LogP contribution in [0.15, 0.2) is 11.5 Å². The highest BCUT2D eigenvalue weighted by Gasteiger charge is 2.24. The molecular weight excluding hydrogens is 190 g/mol. The summed E-state index contributed by atoms with van der Waals surface area (Å²) in [5, 5.41) is 4.60. The van der Waals surface area contributed by atoms with Gasteiger partial charge in [0.2, 0.25) is 11.6 Å². The predicted molar refractivity (Wildman–Crippen MR) is 43.6 cm³/mol. The Bertz CT molecular complexity index is 466. The molecule has 64 valence electrons. The number of hydrogen-bond donors (Lipinski definition) is 0. The normalized spacial score (nSPS) is 15.2. The number of fused-ring (bicyclic) bond motifs is 2. The highest BCUT2D eigenvalue weighted by atomic mass is 32.2. The predicted octanol–water partition coefficient (Wildman–Crippen LogP) is -0.0812. The zero-order chi connectivity index (χ0) is 8.84. The molecular formula is C6H3N5OS. The van der Waals surface area contributed by atoms with Crippen LogP contribution in [0, 0.1) is 0 Å². The summed E-state index contributed by atoms with van der Waals surface area (Å²) in [7, 11) is 0. The van der Waals surface area contributed by atoms with Crippen molar-refractivity contribution >= 4 is 17.7 Å². The molecule has 0 unspecified atom stereocenters. The summed E-state index contributed by atoms with van der Waals surface area (Å²) in [4.78, 5) is 23.1. The summed E-state index contributed by atoms with van der Waals surface area (Å²) in [5.41, 5.74) is 0. The Morgan fingerprint density at radius 1 is 1.38 bits per heavy atom. The lowest BCUT2D eigenvalue weighted by molar-refractivity contribution is 0.0919. The van der Waals surface area contributed by atoms with E-state index in [9.17, 15) is 4.79 Å². The van der Waals surface area contributed by atoms with Gasteiger partial charge in [0.1, 0.15) is 6.33 Å². The van der Waals surface area contributed by atoms with Crippen molar-refractivity contribution in [2.75, 3.05) is 5.75 Å². The third-order valence-electron chi connectivity index (χ3n) is 1.70. The lowest BCUT2D eigenvalue weighted by atomic mass is 10.6. The smallest absolute Gasteiger partial charge is 0.259 e. The highest BCUT2D eigenvalue weighted by molar-refractivity contribution is 8.00. The van der Waals surface area contributed by atoms with Gasteiger partial charge >= 0.3 is 0 Å². The fourth-order valence-corrected chi connectivity index (χ4v) is 1.91. The van der Waals surface area contributed by atoms with Gasteiger partial charge in [-0.3, -0.25) is 4.79 Å². The maximum Gasteiger partial charge on any atom is 0.259 e. The number of thioether (sulfide) groups is 1. The standard InChI is InChI=1S/C6H3N5OS/c12-3-1-13-6-9-4-5(8-2-7-4)10-11(3)6/h2H,1H2. The first-order valence-corrected chi connectivity index (χ1v) is 4.57. The summed E-state index contributed by atoms with van der Waals surface area (Å²) in [6, 6.07) is 0. The number of imidazole rings is 1. The van der Waals surface area contributed by atoms with Crippen molar-refractivity contribution in [3.05, 3.63) is 6.33 Å². The molecule has 3 aliphatic rings. The molecule has 3 aliphatic heterocycles. The average molecular weight is 193 g/mol. The molecule has 3 heterocycles. The third kappa shape index (κ3) is 0.872. The van der Waals surface area contributed by atoms with Gasteiger partial charge in [-0.2, -0.15) is 9.67 Å². The number of hydrogen-bond acceptors (Lipinski definition) is 6. The fourth-order valence-electron chi connectivity index (χ4n) is 1.12. The van der Waals surface area contributed by atoms with E-state index in [2.05, 4.69) is 20.1 Å². The number of aromatic nitrogens is 5. The number of carbonyl (C=O) groups is 1. The Kier molecular flexibility index (Phi) is 1.21. The first-order valence-electron chi connectivity index (χ1n) is 3.58. The average Bonchev–Trinajstić information content (AvgIpc) is 2.70. The van der Waals surface area contributed by atoms with Gasteiger partial charge in [0.15, 0.2) is 5.16 Å². The second-order valence-electron chi connectivity index (χ2n) is 2.51. The monoisotopic (exact) mass is 193 g/mol. The van der Waals surface area contributed by atoms with E-state index < -0.39 is 0 Å². The molecule has 0 amide bonds. The molecule has 0 atom stereocenters. The second-order valence-corrected chi connectivity index (χ2v) is 3.45. The van der Waals surface area contributed by atoms with Crippen LogP contribution in [0.25, 0.3) is 11.6 Å². The van der Waals surface area contributed by atoms with Crippen molar-refractivity contribution < 1.29 is 4.79 Å². The van der Waals surface area contributed by atoms with E-state index >= 15 is 0 Å². The fraction of sp³-hybridized carbons (Fsp3) is 0.167. The molecule has 0 radical (unpaired) electrons. The lowest BCUT2D eigenvalue weighted by Crippen LogP contribution is -2.14. The minimum atomic E-state index is -0.0580. The van der Waals surface area contributed by atoms with Crippen molar-refractivity contribution in [2.24, 2.45) is 0 Å². The van der Waals surface area contributed by atoms with Gasteiger partial charge in [0, 0.05) is 0 Å². The summed E-state index contributed by atoms with van der Waals surface area (Å²) < 4.78 is 1.28. The third-order valence-corrected chi connectivity index (χ3v) is 2.61. The summed E-state index contributed by atoms with van der Waals surface area (Å²) >= 11 is 1.37. The van der Waals surface area contributed by atoms with Crippen molar-refractivity contribution in [3.8, 4) is 11.6 Å². The molecule has 0 aromatic carbocycles. The van der Waals surface area contributed by atoms with Gasteiger partial charge in [0.05, 0.1) is 5.75 Å². The van der Waals surface area contributed by atoms with Gasteiger partial charge in [-0.25, -0.2) is 9.97 Å². The van der Waals surface area contributed by atoms with Crippen LogP contribution >= 0.6 is 11.8 Å². The van der Waals surface area contributed by atoms with Crippen LogP contribution in [0.2, 0.25) is 0 Å². The van der Waals surface area contributed by atoms with Crippen LogP contribution in [0.1, 0.15) is 4.79 Å². The van der Waals surface area contributed by atoms with Crippen LogP contribution in [-0.2, 0) is 0 Å². The molecule has 0 spiro atoms. The molecule has 6 nitrogen and oxygen atoms in total. The highest BCUT2D eigenvalue weighted by Crippen LogP contribution is 2.24. The second kappa shape index (κ2) is 2.25. The molecule has 0 saturated carbocycles. The molecule has 0 aliphatic carbocycles. The van der Waals surface area contributed by atoms with E-state index in [1.165, 1.54) is 22.8 Å². The Morgan fingerprint density at radius 3 is 3.15 bits per heavy atom. The topological polar surface area (TPSA) is 73.6 Å². The molecule has 0 saturated heterocycles. The molecule has 0 aromatic heterocycles. The summed E-state index contributed by atoms with van der Waals surface area (Å²) in [5.74, 6) is 1.25. The largest absolute Gasteiger partial charge is 0.271 e. The first kappa shape index (κ1) is 6.96. The molecule has 0 fully saturated rings. The van der Waals surface area contributed by atoms with Crippen LogP contribution in [0.5, 0.6) is 0 Å². The van der Waals surface area contributed by atoms with E-state index in [-0.39, 0.29) is 5.91 Å². The first-order chi connectivity index (χ1) is 6.34.